The third kappa shape index (κ3) is 5.49. The second kappa shape index (κ2) is 9.75. The van der Waals surface area contributed by atoms with Gasteiger partial charge in [0.25, 0.3) is 0 Å². The van der Waals surface area contributed by atoms with Gasteiger partial charge in [-0.2, -0.15) is 0 Å². The van der Waals surface area contributed by atoms with Crippen LogP contribution in [0.25, 0.3) is 0 Å². The van der Waals surface area contributed by atoms with E-state index >= 15 is 0 Å². The Balaban J connectivity index is 1.66. The van der Waals surface area contributed by atoms with Gasteiger partial charge >= 0.3 is 5.97 Å². The summed E-state index contributed by atoms with van der Waals surface area (Å²) in [6, 6.07) is 11.6. The highest BCUT2D eigenvalue weighted by Crippen LogP contribution is 2.34. The SMILES string of the molecule is CC(=O)N(c1nc(COC(=O)COc2ccccc2C)cs1)c1c(C)cc(C)cc1C. The number of thiazole rings is 1. The van der Waals surface area contributed by atoms with Gasteiger partial charge in [0, 0.05) is 12.3 Å². The van der Waals surface area contributed by atoms with Gasteiger partial charge in [-0.1, -0.05) is 35.9 Å². The fraction of sp³-hybridized carbons (Fsp3) is 0.292. The Kier molecular flexibility index (Phi) is 7.07. The summed E-state index contributed by atoms with van der Waals surface area (Å²) in [4.78, 5) is 30.6. The Morgan fingerprint density at radius 3 is 2.35 bits per heavy atom. The van der Waals surface area contributed by atoms with E-state index in [0.717, 1.165) is 27.9 Å². The summed E-state index contributed by atoms with van der Waals surface area (Å²) in [5, 5.41) is 2.34. The number of hydrogen-bond donors (Lipinski definition) is 0. The number of para-hydroxylation sites is 1. The molecule has 0 unspecified atom stereocenters. The molecule has 2 aromatic carbocycles. The Morgan fingerprint density at radius 1 is 1.03 bits per heavy atom. The van der Waals surface area contributed by atoms with Crippen LogP contribution >= 0.6 is 11.3 Å². The monoisotopic (exact) mass is 438 g/mol. The molecule has 1 heterocycles. The topological polar surface area (TPSA) is 68.7 Å². The minimum Gasteiger partial charge on any atom is -0.482 e. The van der Waals surface area contributed by atoms with Crippen molar-refractivity contribution in [2.75, 3.05) is 11.5 Å². The largest absolute Gasteiger partial charge is 0.482 e. The van der Waals surface area contributed by atoms with Crippen molar-refractivity contribution in [1.29, 1.82) is 0 Å². The molecule has 162 valence electrons. The second-order valence-corrected chi connectivity index (χ2v) is 8.27. The number of esters is 1. The lowest BCUT2D eigenvalue weighted by atomic mass is 10.0. The number of ether oxygens (including phenoxy) is 2. The maximum atomic E-state index is 12.4. The first-order valence-corrected chi connectivity index (χ1v) is 10.8. The van der Waals surface area contributed by atoms with Gasteiger partial charge in [0.1, 0.15) is 12.4 Å². The van der Waals surface area contributed by atoms with Crippen LogP contribution in [-0.4, -0.2) is 23.5 Å². The number of carbonyl (C=O) groups excluding carboxylic acids is 2. The molecule has 1 amide bonds. The van der Waals surface area contributed by atoms with Crippen LogP contribution in [0.1, 0.15) is 34.9 Å². The summed E-state index contributed by atoms with van der Waals surface area (Å²) in [6.07, 6.45) is 0. The zero-order valence-electron chi connectivity index (χ0n) is 18.4. The van der Waals surface area contributed by atoms with E-state index in [4.69, 9.17) is 9.47 Å². The maximum Gasteiger partial charge on any atom is 0.344 e. The van der Waals surface area contributed by atoms with E-state index in [1.807, 2.05) is 58.0 Å². The van der Waals surface area contributed by atoms with E-state index in [1.165, 1.54) is 18.3 Å². The predicted octanol–water partition coefficient (Wildman–Crippen LogP) is 5.18. The summed E-state index contributed by atoms with van der Waals surface area (Å²) in [7, 11) is 0. The summed E-state index contributed by atoms with van der Waals surface area (Å²) in [5.74, 6) is 0.0439. The van der Waals surface area contributed by atoms with Crippen molar-refractivity contribution in [2.24, 2.45) is 0 Å². The fourth-order valence-electron chi connectivity index (χ4n) is 3.43. The lowest BCUT2D eigenvalue weighted by molar-refractivity contribution is -0.147. The second-order valence-electron chi connectivity index (χ2n) is 7.44. The van der Waals surface area contributed by atoms with Gasteiger partial charge in [0.2, 0.25) is 5.91 Å². The lowest BCUT2D eigenvalue weighted by Crippen LogP contribution is -2.24. The Hall–Kier alpha value is -3.19. The fourth-order valence-corrected chi connectivity index (χ4v) is 4.29. The number of aryl methyl sites for hydroxylation is 4. The van der Waals surface area contributed by atoms with Crippen molar-refractivity contribution in [3.05, 3.63) is 69.7 Å². The molecule has 0 radical (unpaired) electrons. The molecular weight excluding hydrogens is 412 g/mol. The zero-order chi connectivity index (χ0) is 22.5. The number of hydrogen-bond acceptors (Lipinski definition) is 6. The van der Waals surface area contributed by atoms with Crippen molar-refractivity contribution in [2.45, 2.75) is 41.2 Å². The first-order chi connectivity index (χ1) is 14.8. The maximum absolute atomic E-state index is 12.4. The van der Waals surface area contributed by atoms with E-state index < -0.39 is 5.97 Å². The Morgan fingerprint density at radius 2 is 1.71 bits per heavy atom. The molecule has 31 heavy (non-hydrogen) atoms. The quantitative estimate of drug-likeness (QED) is 0.475. The number of carbonyl (C=O) groups is 2. The molecule has 3 rings (SSSR count). The van der Waals surface area contributed by atoms with E-state index in [1.54, 1.807) is 16.3 Å². The molecule has 0 saturated heterocycles. The van der Waals surface area contributed by atoms with E-state index in [-0.39, 0.29) is 19.1 Å². The highest BCUT2D eigenvalue weighted by molar-refractivity contribution is 7.14. The van der Waals surface area contributed by atoms with Crippen LogP contribution < -0.4 is 9.64 Å². The summed E-state index contributed by atoms with van der Waals surface area (Å²) >= 11 is 1.34. The third-order valence-corrected chi connectivity index (χ3v) is 5.60. The van der Waals surface area contributed by atoms with Crippen LogP contribution in [-0.2, 0) is 20.9 Å². The first-order valence-electron chi connectivity index (χ1n) is 9.93. The van der Waals surface area contributed by atoms with Gasteiger partial charge in [-0.05, 0) is 50.5 Å². The molecule has 0 fully saturated rings. The average molecular weight is 439 g/mol. The average Bonchev–Trinajstić information content (AvgIpc) is 3.16. The van der Waals surface area contributed by atoms with Crippen molar-refractivity contribution in [3.63, 3.8) is 0 Å². The van der Waals surface area contributed by atoms with Gasteiger partial charge in [-0.3, -0.25) is 9.69 Å². The highest BCUT2D eigenvalue weighted by atomic mass is 32.1. The van der Waals surface area contributed by atoms with Gasteiger partial charge in [-0.25, -0.2) is 9.78 Å². The molecule has 0 bridgehead atoms. The summed E-state index contributed by atoms with van der Waals surface area (Å²) < 4.78 is 10.8. The molecule has 0 aliphatic carbocycles. The highest BCUT2D eigenvalue weighted by Gasteiger charge is 2.22. The van der Waals surface area contributed by atoms with E-state index in [0.29, 0.717) is 16.6 Å². The van der Waals surface area contributed by atoms with Crippen LogP contribution in [0.3, 0.4) is 0 Å². The number of anilines is 2. The molecule has 1 aromatic heterocycles. The standard InChI is InChI=1S/C24H26N2O4S/c1-15-10-17(3)23(18(4)11-15)26(19(5)27)24-25-20(14-31-24)12-30-22(28)13-29-21-9-7-6-8-16(21)2/h6-11,14H,12-13H2,1-5H3. The molecule has 0 aliphatic heterocycles. The van der Waals surface area contributed by atoms with Crippen molar-refractivity contribution >= 4 is 34.0 Å². The number of rotatable bonds is 7. The molecule has 0 atom stereocenters. The number of benzene rings is 2. The Labute approximate surface area is 186 Å². The van der Waals surface area contributed by atoms with E-state index in [9.17, 15) is 9.59 Å². The molecule has 6 nitrogen and oxygen atoms in total. The van der Waals surface area contributed by atoms with Gasteiger partial charge in [0.05, 0.1) is 11.4 Å². The van der Waals surface area contributed by atoms with Crippen molar-refractivity contribution in [1.82, 2.24) is 4.98 Å². The van der Waals surface area contributed by atoms with Gasteiger partial charge in [-0.15, -0.1) is 11.3 Å². The summed E-state index contributed by atoms with van der Waals surface area (Å²) in [6.45, 7) is 9.26. The Bertz CT molecular complexity index is 1080. The van der Waals surface area contributed by atoms with Crippen molar-refractivity contribution in [3.8, 4) is 5.75 Å². The molecule has 0 N–H and O–H groups in total. The normalized spacial score (nSPS) is 10.6. The molecule has 7 heteroatoms. The molecular formula is C24H26N2O4S. The summed E-state index contributed by atoms with van der Waals surface area (Å²) in [5.41, 5.74) is 5.52. The molecule has 0 spiro atoms. The van der Waals surface area contributed by atoms with Crippen molar-refractivity contribution < 1.29 is 19.1 Å². The van der Waals surface area contributed by atoms with Gasteiger partial charge in [0.15, 0.2) is 11.7 Å². The van der Waals surface area contributed by atoms with E-state index in [2.05, 4.69) is 4.98 Å². The molecule has 0 saturated carbocycles. The zero-order valence-corrected chi connectivity index (χ0v) is 19.2. The van der Waals surface area contributed by atoms with Crippen LogP contribution in [0.4, 0.5) is 10.8 Å². The van der Waals surface area contributed by atoms with Crippen LogP contribution in [0.5, 0.6) is 5.75 Å². The van der Waals surface area contributed by atoms with Crippen LogP contribution in [0, 0.1) is 27.7 Å². The lowest BCUT2D eigenvalue weighted by Gasteiger charge is -2.23. The first kappa shape index (κ1) is 22.5. The minimum absolute atomic E-state index is 0.0179. The van der Waals surface area contributed by atoms with Crippen LogP contribution in [0.15, 0.2) is 41.8 Å². The molecule has 3 aromatic rings. The molecule has 0 aliphatic rings. The smallest absolute Gasteiger partial charge is 0.344 e. The number of nitrogens with zero attached hydrogens (tertiary/aromatic N) is 2. The predicted molar refractivity (Wildman–Crippen MR) is 122 cm³/mol. The minimum atomic E-state index is -0.480. The number of aromatic nitrogens is 1. The number of amides is 1. The van der Waals surface area contributed by atoms with Gasteiger partial charge < -0.3 is 9.47 Å². The van der Waals surface area contributed by atoms with Crippen LogP contribution in [0.2, 0.25) is 0 Å². The third-order valence-electron chi connectivity index (χ3n) is 4.72.